The average molecular weight is 291 g/mol. The second kappa shape index (κ2) is 5.99. The number of ether oxygens (including phenoxy) is 1. The van der Waals surface area contributed by atoms with E-state index in [2.05, 4.69) is 4.74 Å². The van der Waals surface area contributed by atoms with E-state index >= 15 is 0 Å². The van der Waals surface area contributed by atoms with E-state index in [0.717, 1.165) is 12.1 Å². The SMILES string of the molecule is CCOC(=O)/C=C/c1cc(Cl)ccc1S(=O)(=O)O. The van der Waals surface area contributed by atoms with Crippen molar-refractivity contribution in [1.29, 1.82) is 0 Å². The fourth-order valence-corrected chi connectivity index (χ4v) is 2.08. The van der Waals surface area contributed by atoms with Crippen molar-refractivity contribution >= 4 is 33.8 Å². The van der Waals surface area contributed by atoms with Crippen LogP contribution in [-0.2, 0) is 19.6 Å². The minimum absolute atomic E-state index is 0.109. The highest BCUT2D eigenvalue weighted by Gasteiger charge is 2.14. The number of hydrogen-bond acceptors (Lipinski definition) is 4. The summed E-state index contributed by atoms with van der Waals surface area (Å²) < 4.78 is 35.9. The third kappa shape index (κ3) is 4.14. The van der Waals surface area contributed by atoms with Crippen LogP contribution in [0.4, 0.5) is 0 Å². The van der Waals surface area contributed by atoms with Crippen LogP contribution in [0.5, 0.6) is 0 Å². The van der Waals surface area contributed by atoms with Crippen LogP contribution in [0, 0.1) is 0 Å². The highest BCUT2D eigenvalue weighted by Crippen LogP contribution is 2.21. The molecule has 0 spiro atoms. The second-order valence-corrected chi connectivity index (χ2v) is 5.07. The molecule has 0 heterocycles. The Morgan fingerprint density at radius 3 is 2.72 bits per heavy atom. The number of benzene rings is 1. The summed E-state index contributed by atoms with van der Waals surface area (Å²) in [6, 6.07) is 3.80. The number of esters is 1. The maximum absolute atomic E-state index is 11.1. The van der Waals surface area contributed by atoms with E-state index in [1.807, 2.05) is 0 Å². The lowest BCUT2D eigenvalue weighted by Crippen LogP contribution is -2.02. The summed E-state index contributed by atoms with van der Waals surface area (Å²) in [4.78, 5) is 10.8. The molecule has 0 aromatic heterocycles. The average Bonchev–Trinajstić information content (AvgIpc) is 2.25. The van der Waals surface area contributed by atoms with Gasteiger partial charge in [-0.3, -0.25) is 4.55 Å². The third-order valence-corrected chi connectivity index (χ3v) is 3.10. The first-order chi connectivity index (χ1) is 8.34. The number of carbonyl (C=O) groups is 1. The molecule has 0 aliphatic carbocycles. The molecular formula is C11H11ClO5S. The van der Waals surface area contributed by atoms with Gasteiger partial charge < -0.3 is 4.74 Å². The van der Waals surface area contributed by atoms with Crippen LogP contribution in [0.1, 0.15) is 12.5 Å². The molecule has 1 N–H and O–H groups in total. The Balaban J connectivity index is 3.15. The van der Waals surface area contributed by atoms with Crippen LogP contribution in [0.15, 0.2) is 29.2 Å². The minimum Gasteiger partial charge on any atom is -0.463 e. The molecule has 1 aromatic carbocycles. The molecule has 0 atom stereocenters. The standard InChI is InChI=1S/C11H11ClO5S/c1-2-17-11(13)6-3-8-7-9(12)4-5-10(8)18(14,15)16/h3-7H,2H2,1H3,(H,14,15,16)/b6-3+. The van der Waals surface area contributed by atoms with E-state index in [-0.39, 0.29) is 22.1 Å². The van der Waals surface area contributed by atoms with Gasteiger partial charge in [-0.15, -0.1) is 0 Å². The number of carbonyl (C=O) groups excluding carboxylic acids is 1. The monoisotopic (exact) mass is 290 g/mol. The lowest BCUT2D eigenvalue weighted by molar-refractivity contribution is -0.137. The van der Waals surface area contributed by atoms with Gasteiger partial charge in [-0.1, -0.05) is 11.6 Å². The Morgan fingerprint density at radius 2 is 2.17 bits per heavy atom. The fourth-order valence-electron chi connectivity index (χ4n) is 1.23. The Kier molecular flexibility index (Phi) is 4.89. The predicted molar refractivity (Wildman–Crippen MR) is 66.9 cm³/mol. The van der Waals surface area contributed by atoms with Gasteiger partial charge in [0.25, 0.3) is 10.1 Å². The molecule has 98 valence electrons. The largest absolute Gasteiger partial charge is 0.463 e. The summed E-state index contributed by atoms with van der Waals surface area (Å²) >= 11 is 5.72. The van der Waals surface area contributed by atoms with Crippen molar-refractivity contribution in [3.8, 4) is 0 Å². The van der Waals surface area contributed by atoms with Crippen LogP contribution in [-0.4, -0.2) is 25.5 Å². The number of hydrogen-bond donors (Lipinski definition) is 1. The molecule has 0 saturated heterocycles. The van der Waals surface area contributed by atoms with Crippen molar-refractivity contribution in [2.45, 2.75) is 11.8 Å². The lowest BCUT2D eigenvalue weighted by atomic mass is 10.2. The lowest BCUT2D eigenvalue weighted by Gasteiger charge is -2.03. The van der Waals surface area contributed by atoms with Crippen molar-refractivity contribution in [1.82, 2.24) is 0 Å². The van der Waals surface area contributed by atoms with E-state index < -0.39 is 16.1 Å². The van der Waals surface area contributed by atoms with Crippen LogP contribution in [0.25, 0.3) is 6.08 Å². The molecule has 0 aliphatic heterocycles. The maximum atomic E-state index is 11.1. The zero-order chi connectivity index (χ0) is 13.8. The number of halogens is 1. The van der Waals surface area contributed by atoms with E-state index in [1.165, 1.54) is 18.2 Å². The van der Waals surface area contributed by atoms with Gasteiger partial charge in [0.05, 0.1) is 6.61 Å². The quantitative estimate of drug-likeness (QED) is 0.522. The zero-order valence-electron chi connectivity index (χ0n) is 9.46. The van der Waals surface area contributed by atoms with Crippen molar-refractivity contribution in [2.24, 2.45) is 0 Å². The highest BCUT2D eigenvalue weighted by atomic mass is 35.5. The molecule has 0 amide bonds. The fraction of sp³-hybridized carbons (Fsp3) is 0.182. The molecule has 0 bridgehead atoms. The van der Waals surface area contributed by atoms with E-state index in [0.29, 0.717) is 0 Å². The highest BCUT2D eigenvalue weighted by molar-refractivity contribution is 7.85. The summed E-state index contributed by atoms with van der Waals surface area (Å²) in [7, 11) is -4.37. The van der Waals surface area contributed by atoms with Crippen LogP contribution in [0.2, 0.25) is 5.02 Å². The van der Waals surface area contributed by atoms with E-state index in [4.69, 9.17) is 16.2 Å². The topological polar surface area (TPSA) is 80.7 Å². The summed E-state index contributed by atoms with van der Waals surface area (Å²) in [5, 5.41) is 0.283. The molecule has 0 unspecified atom stereocenters. The third-order valence-electron chi connectivity index (χ3n) is 1.94. The summed E-state index contributed by atoms with van der Waals surface area (Å²) in [5.74, 6) is -0.612. The van der Waals surface area contributed by atoms with Crippen LogP contribution >= 0.6 is 11.6 Å². The first-order valence-corrected chi connectivity index (χ1v) is 6.78. The molecule has 5 nitrogen and oxygen atoms in total. The van der Waals surface area contributed by atoms with Gasteiger partial charge in [-0.05, 0) is 36.8 Å². The van der Waals surface area contributed by atoms with Crippen molar-refractivity contribution in [2.75, 3.05) is 6.61 Å². The van der Waals surface area contributed by atoms with Crippen molar-refractivity contribution in [3.05, 3.63) is 34.9 Å². The molecule has 1 aromatic rings. The van der Waals surface area contributed by atoms with E-state index in [9.17, 15) is 13.2 Å². The molecule has 1 rings (SSSR count). The van der Waals surface area contributed by atoms with Gasteiger partial charge in [0.2, 0.25) is 0 Å². The summed E-state index contributed by atoms with van der Waals surface area (Å²) in [6.07, 6.45) is 2.27. The summed E-state index contributed by atoms with van der Waals surface area (Å²) in [5.41, 5.74) is 0.109. The Morgan fingerprint density at radius 1 is 1.50 bits per heavy atom. The zero-order valence-corrected chi connectivity index (χ0v) is 11.0. The number of rotatable bonds is 4. The summed E-state index contributed by atoms with van der Waals surface area (Å²) in [6.45, 7) is 1.86. The molecule has 0 radical (unpaired) electrons. The van der Waals surface area contributed by atoms with Gasteiger partial charge in [-0.25, -0.2) is 4.79 Å². The molecule has 7 heteroatoms. The van der Waals surface area contributed by atoms with E-state index in [1.54, 1.807) is 6.92 Å². The first kappa shape index (κ1) is 14.7. The van der Waals surface area contributed by atoms with Gasteiger partial charge in [0.15, 0.2) is 0 Å². The normalized spacial score (nSPS) is 11.7. The Labute approximate surface area is 110 Å². The van der Waals surface area contributed by atoms with Gasteiger partial charge in [0, 0.05) is 11.1 Å². The molecule has 0 fully saturated rings. The molecular weight excluding hydrogens is 280 g/mol. The second-order valence-electron chi connectivity index (χ2n) is 3.24. The van der Waals surface area contributed by atoms with Crippen LogP contribution < -0.4 is 0 Å². The molecule has 0 aliphatic rings. The minimum atomic E-state index is -4.37. The first-order valence-electron chi connectivity index (χ1n) is 4.96. The Bertz CT molecular complexity index is 577. The van der Waals surface area contributed by atoms with Crippen molar-refractivity contribution < 1.29 is 22.5 Å². The van der Waals surface area contributed by atoms with Gasteiger partial charge in [0.1, 0.15) is 4.90 Å². The predicted octanol–water partition coefficient (Wildman–Crippen LogP) is 2.16. The van der Waals surface area contributed by atoms with Crippen molar-refractivity contribution in [3.63, 3.8) is 0 Å². The molecule has 0 saturated carbocycles. The Hall–Kier alpha value is -1.37. The smallest absolute Gasteiger partial charge is 0.330 e. The van der Waals surface area contributed by atoms with Crippen LogP contribution in [0.3, 0.4) is 0 Å². The van der Waals surface area contributed by atoms with Gasteiger partial charge in [-0.2, -0.15) is 8.42 Å². The molecule has 18 heavy (non-hydrogen) atoms. The maximum Gasteiger partial charge on any atom is 0.330 e. The van der Waals surface area contributed by atoms with Gasteiger partial charge >= 0.3 is 5.97 Å².